The van der Waals surface area contributed by atoms with Gasteiger partial charge < -0.3 is 15.1 Å². The molecular formula is C19H25ClFN3O2. The number of rotatable bonds is 4. The highest BCUT2D eigenvalue weighted by Gasteiger charge is 2.39. The van der Waals surface area contributed by atoms with Gasteiger partial charge in [0.2, 0.25) is 11.8 Å². The average Bonchev–Trinajstić information content (AvgIpc) is 2.61. The summed E-state index contributed by atoms with van der Waals surface area (Å²) in [5.41, 5.74) is 0.764. The van der Waals surface area contributed by atoms with Crippen molar-refractivity contribution in [3.05, 3.63) is 29.0 Å². The number of amides is 2. The lowest BCUT2D eigenvalue weighted by atomic mass is 9.72. The van der Waals surface area contributed by atoms with E-state index in [0.717, 1.165) is 38.9 Å². The van der Waals surface area contributed by atoms with Crippen LogP contribution in [0.1, 0.15) is 32.1 Å². The zero-order chi connectivity index (χ0) is 18.7. The van der Waals surface area contributed by atoms with Gasteiger partial charge in [-0.25, -0.2) is 4.39 Å². The predicted octanol–water partition coefficient (Wildman–Crippen LogP) is 3.14. The minimum absolute atomic E-state index is 0.0000556. The lowest BCUT2D eigenvalue weighted by Crippen LogP contribution is -2.50. The van der Waals surface area contributed by atoms with Crippen LogP contribution in [0.15, 0.2) is 18.2 Å². The molecule has 1 spiro atoms. The topological polar surface area (TPSA) is 52.7 Å². The fraction of sp³-hybridized carbons (Fsp3) is 0.579. The number of carbonyl (C=O) groups is 2. The highest BCUT2D eigenvalue weighted by atomic mass is 35.5. The minimum Gasteiger partial charge on any atom is -0.345 e. The number of anilines is 1. The van der Waals surface area contributed by atoms with Crippen LogP contribution in [0.25, 0.3) is 0 Å². The van der Waals surface area contributed by atoms with E-state index in [-0.39, 0.29) is 22.3 Å². The Morgan fingerprint density at radius 2 is 2.04 bits per heavy atom. The largest absolute Gasteiger partial charge is 0.345 e. The van der Waals surface area contributed by atoms with Crippen molar-refractivity contribution >= 4 is 29.1 Å². The second kappa shape index (κ2) is 7.92. The number of halogens is 2. The van der Waals surface area contributed by atoms with E-state index in [0.29, 0.717) is 25.1 Å². The Morgan fingerprint density at radius 3 is 2.69 bits per heavy atom. The van der Waals surface area contributed by atoms with E-state index in [9.17, 15) is 14.0 Å². The maximum Gasteiger partial charge on any atom is 0.225 e. The number of carbonyl (C=O) groups excluding carboxylic acids is 2. The molecule has 0 radical (unpaired) electrons. The summed E-state index contributed by atoms with van der Waals surface area (Å²) in [6, 6.07) is 4.17. The highest BCUT2D eigenvalue weighted by molar-refractivity contribution is 6.31. The molecule has 2 aliphatic rings. The third-order valence-electron chi connectivity index (χ3n) is 5.64. The Bertz CT molecular complexity index is 689. The third-order valence-corrected chi connectivity index (χ3v) is 5.93. The van der Waals surface area contributed by atoms with Crippen LogP contribution in [-0.4, -0.2) is 54.8 Å². The average molecular weight is 382 g/mol. The molecule has 26 heavy (non-hydrogen) atoms. The minimum atomic E-state index is -0.498. The zero-order valence-corrected chi connectivity index (χ0v) is 15.8. The fourth-order valence-corrected chi connectivity index (χ4v) is 4.13. The molecular weight excluding hydrogens is 357 g/mol. The van der Waals surface area contributed by atoms with Gasteiger partial charge in [0.05, 0.1) is 5.02 Å². The first-order valence-electron chi connectivity index (χ1n) is 9.08. The molecule has 1 N–H and O–H groups in total. The molecule has 2 amide bonds. The number of likely N-dealkylation sites (tertiary alicyclic amines) is 2. The van der Waals surface area contributed by atoms with E-state index >= 15 is 0 Å². The maximum atomic E-state index is 13.2. The molecule has 0 saturated carbocycles. The number of nitrogens with one attached hydrogen (secondary N) is 1. The first-order valence-corrected chi connectivity index (χ1v) is 9.46. The molecule has 1 aromatic carbocycles. The number of hydrogen-bond acceptors (Lipinski definition) is 3. The maximum absolute atomic E-state index is 13.2. The normalized spacial score (nSPS) is 20.4. The Balaban J connectivity index is 1.43. The number of piperidine rings is 2. The molecule has 7 heteroatoms. The Kier molecular flexibility index (Phi) is 5.82. The van der Waals surface area contributed by atoms with Gasteiger partial charge in [-0.05, 0) is 56.0 Å². The molecule has 2 fully saturated rings. The lowest BCUT2D eigenvalue weighted by Gasteiger charge is -2.46. The van der Waals surface area contributed by atoms with E-state index in [2.05, 4.69) is 10.2 Å². The summed E-state index contributed by atoms with van der Waals surface area (Å²) < 4.78 is 13.2. The summed E-state index contributed by atoms with van der Waals surface area (Å²) in [6.07, 6.45) is 4.16. The molecule has 0 bridgehead atoms. The van der Waals surface area contributed by atoms with Crippen LogP contribution in [0.5, 0.6) is 0 Å². The van der Waals surface area contributed by atoms with Crippen LogP contribution in [0, 0.1) is 11.2 Å². The Labute approximate surface area is 158 Å². The fourth-order valence-electron chi connectivity index (χ4n) is 3.95. The van der Waals surface area contributed by atoms with Crippen LogP contribution in [0.2, 0.25) is 5.02 Å². The van der Waals surface area contributed by atoms with Gasteiger partial charge in [-0.2, -0.15) is 0 Å². The van der Waals surface area contributed by atoms with Crippen LogP contribution in [-0.2, 0) is 9.59 Å². The molecule has 2 heterocycles. The van der Waals surface area contributed by atoms with Crippen molar-refractivity contribution in [1.82, 2.24) is 9.80 Å². The summed E-state index contributed by atoms with van der Waals surface area (Å²) in [5.74, 6) is -0.353. The number of hydrogen-bond donors (Lipinski definition) is 1. The summed E-state index contributed by atoms with van der Waals surface area (Å²) in [5, 5.41) is 2.76. The van der Waals surface area contributed by atoms with Gasteiger partial charge in [-0.1, -0.05) is 11.6 Å². The standard InChI is InChI=1S/C19H25ClFN3O2/c1-23-13-19(6-4-18(23)26)7-10-24(11-8-19)9-5-17(25)22-14-2-3-16(21)15(20)12-14/h2-3,12H,4-11,13H2,1H3,(H,22,25). The van der Waals surface area contributed by atoms with E-state index in [1.165, 1.54) is 18.2 Å². The van der Waals surface area contributed by atoms with E-state index < -0.39 is 5.82 Å². The van der Waals surface area contributed by atoms with Gasteiger partial charge in [-0.3, -0.25) is 9.59 Å². The van der Waals surface area contributed by atoms with Crippen LogP contribution in [0.4, 0.5) is 10.1 Å². The van der Waals surface area contributed by atoms with Crippen LogP contribution < -0.4 is 5.32 Å². The summed E-state index contributed by atoms with van der Waals surface area (Å²) >= 11 is 5.73. The second-order valence-electron chi connectivity index (χ2n) is 7.52. The van der Waals surface area contributed by atoms with E-state index in [1.54, 1.807) is 0 Å². The van der Waals surface area contributed by atoms with Crippen molar-refractivity contribution in [3.8, 4) is 0 Å². The highest BCUT2D eigenvalue weighted by Crippen LogP contribution is 2.39. The van der Waals surface area contributed by atoms with Crippen molar-refractivity contribution in [2.75, 3.05) is 38.5 Å². The molecule has 2 saturated heterocycles. The van der Waals surface area contributed by atoms with Gasteiger partial charge in [0.25, 0.3) is 0 Å². The first kappa shape index (κ1) is 19.1. The molecule has 0 aliphatic carbocycles. The van der Waals surface area contributed by atoms with Gasteiger partial charge in [0, 0.05) is 38.7 Å². The first-order chi connectivity index (χ1) is 12.4. The van der Waals surface area contributed by atoms with Crippen molar-refractivity contribution in [3.63, 3.8) is 0 Å². The molecule has 5 nitrogen and oxygen atoms in total. The van der Waals surface area contributed by atoms with Crippen molar-refractivity contribution in [2.45, 2.75) is 32.1 Å². The van der Waals surface area contributed by atoms with Crippen molar-refractivity contribution in [2.24, 2.45) is 5.41 Å². The van der Waals surface area contributed by atoms with Crippen LogP contribution >= 0.6 is 11.6 Å². The molecule has 0 atom stereocenters. The second-order valence-corrected chi connectivity index (χ2v) is 7.93. The quantitative estimate of drug-likeness (QED) is 0.871. The van der Waals surface area contributed by atoms with E-state index in [1.807, 2.05) is 11.9 Å². The van der Waals surface area contributed by atoms with E-state index in [4.69, 9.17) is 11.6 Å². The Morgan fingerprint density at radius 1 is 1.31 bits per heavy atom. The Hall–Kier alpha value is -1.66. The SMILES string of the molecule is CN1CC2(CCC1=O)CCN(CCC(=O)Nc1ccc(F)c(Cl)c1)CC2. The lowest BCUT2D eigenvalue weighted by molar-refractivity contribution is -0.137. The molecule has 0 aromatic heterocycles. The summed E-state index contributed by atoms with van der Waals surface area (Å²) in [6.45, 7) is 3.46. The van der Waals surface area contributed by atoms with Crippen LogP contribution in [0.3, 0.4) is 0 Å². The smallest absolute Gasteiger partial charge is 0.225 e. The van der Waals surface area contributed by atoms with Gasteiger partial charge in [0.1, 0.15) is 5.82 Å². The van der Waals surface area contributed by atoms with Gasteiger partial charge in [-0.15, -0.1) is 0 Å². The zero-order valence-electron chi connectivity index (χ0n) is 15.1. The van der Waals surface area contributed by atoms with Crippen molar-refractivity contribution < 1.29 is 14.0 Å². The molecule has 3 rings (SSSR count). The van der Waals surface area contributed by atoms with Gasteiger partial charge in [0.15, 0.2) is 0 Å². The summed E-state index contributed by atoms with van der Waals surface area (Å²) in [4.78, 5) is 28.0. The molecule has 0 unspecified atom stereocenters. The molecule has 1 aromatic rings. The predicted molar refractivity (Wildman–Crippen MR) is 99.6 cm³/mol. The third kappa shape index (κ3) is 4.54. The van der Waals surface area contributed by atoms with Gasteiger partial charge >= 0.3 is 0 Å². The number of nitrogens with zero attached hydrogens (tertiary/aromatic N) is 2. The van der Waals surface area contributed by atoms with Crippen molar-refractivity contribution in [1.29, 1.82) is 0 Å². The summed E-state index contributed by atoms with van der Waals surface area (Å²) in [7, 11) is 1.89. The number of benzene rings is 1. The molecule has 142 valence electrons. The molecule has 2 aliphatic heterocycles. The monoisotopic (exact) mass is 381 g/mol.